The summed E-state index contributed by atoms with van der Waals surface area (Å²) in [6, 6.07) is 2.35. The van der Waals surface area contributed by atoms with Crippen LogP contribution in [-0.2, 0) is 11.2 Å². The third-order valence-corrected chi connectivity index (χ3v) is 3.66. The molecular formula is C14H18N4O2. The van der Waals surface area contributed by atoms with E-state index in [0.29, 0.717) is 19.7 Å². The fourth-order valence-electron chi connectivity index (χ4n) is 2.45. The Hall–Kier alpha value is -2.11. The summed E-state index contributed by atoms with van der Waals surface area (Å²) in [7, 11) is 0. The number of pyridine rings is 1. The van der Waals surface area contributed by atoms with Gasteiger partial charge in [0.2, 0.25) is 0 Å². The van der Waals surface area contributed by atoms with Gasteiger partial charge >= 0.3 is 6.09 Å². The summed E-state index contributed by atoms with van der Waals surface area (Å²) in [5.74, 6) is 0. The minimum Gasteiger partial charge on any atom is -0.450 e. The van der Waals surface area contributed by atoms with Gasteiger partial charge in [0.25, 0.3) is 0 Å². The molecule has 1 fully saturated rings. The lowest BCUT2D eigenvalue weighted by Crippen LogP contribution is -2.50. The van der Waals surface area contributed by atoms with Gasteiger partial charge in [-0.2, -0.15) is 0 Å². The molecule has 3 heterocycles. The number of carbonyl (C=O) groups excluding carboxylic acids is 1. The van der Waals surface area contributed by atoms with Crippen LogP contribution in [0.1, 0.15) is 25.6 Å². The van der Waals surface area contributed by atoms with Crippen molar-refractivity contribution in [1.82, 2.24) is 19.4 Å². The molecule has 20 heavy (non-hydrogen) atoms. The number of imidazole rings is 1. The molecule has 1 saturated heterocycles. The summed E-state index contributed by atoms with van der Waals surface area (Å²) in [5.41, 5.74) is 3.04. The van der Waals surface area contributed by atoms with Gasteiger partial charge in [0.15, 0.2) is 0 Å². The summed E-state index contributed by atoms with van der Waals surface area (Å²) >= 11 is 0. The lowest BCUT2D eigenvalue weighted by molar-refractivity contribution is 0.0612. The Morgan fingerprint density at radius 1 is 1.40 bits per heavy atom. The highest BCUT2D eigenvalue weighted by atomic mass is 16.6. The predicted molar refractivity (Wildman–Crippen MR) is 74.5 cm³/mol. The average Bonchev–Trinajstić information content (AvgIpc) is 2.80. The third kappa shape index (κ3) is 2.11. The zero-order valence-electron chi connectivity index (χ0n) is 11.7. The van der Waals surface area contributed by atoms with Gasteiger partial charge in [-0.1, -0.05) is 6.92 Å². The second kappa shape index (κ2) is 5.11. The van der Waals surface area contributed by atoms with E-state index in [-0.39, 0.29) is 12.1 Å². The number of carbonyl (C=O) groups is 1. The van der Waals surface area contributed by atoms with Gasteiger partial charge in [0.1, 0.15) is 5.52 Å². The van der Waals surface area contributed by atoms with Gasteiger partial charge in [0.05, 0.1) is 30.7 Å². The Labute approximate surface area is 117 Å². The summed E-state index contributed by atoms with van der Waals surface area (Å²) in [5, 5.41) is 0. The molecule has 1 aliphatic heterocycles. The maximum atomic E-state index is 11.6. The number of rotatable bonds is 3. The Morgan fingerprint density at radius 3 is 2.90 bits per heavy atom. The molecule has 1 amide bonds. The average molecular weight is 274 g/mol. The Balaban J connectivity index is 1.77. The van der Waals surface area contributed by atoms with E-state index in [1.54, 1.807) is 4.90 Å². The fourth-order valence-corrected chi connectivity index (χ4v) is 2.45. The topological polar surface area (TPSA) is 60.2 Å². The van der Waals surface area contributed by atoms with Crippen LogP contribution in [0, 0.1) is 0 Å². The Bertz CT molecular complexity index is 631. The smallest absolute Gasteiger partial charge is 0.409 e. The molecule has 0 spiro atoms. The number of hydrogen-bond acceptors (Lipinski definition) is 4. The Morgan fingerprint density at radius 2 is 2.20 bits per heavy atom. The molecular weight excluding hydrogens is 256 g/mol. The van der Waals surface area contributed by atoms with Gasteiger partial charge in [0, 0.05) is 18.8 Å². The third-order valence-electron chi connectivity index (χ3n) is 3.66. The standard InChI is InChI=1S/C14H18N4O2/c1-3-10-5-13-12(6-15-10)16-9-18(13)11-7-17(8-11)14(19)20-4-2/h5-6,9,11H,3-4,7-8H2,1-2H3. The SMILES string of the molecule is CCOC(=O)N1CC(n2cnc3cnc(CC)cc32)C1. The largest absolute Gasteiger partial charge is 0.450 e. The van der Waals surface area contributed by atoms with E-state index in [0.717, 1.165) is 23.1 Å². The molecule has 0 bridgehead atoms. The number of nitrogens with zero attached hydrogens (tertiary/aromatic N) is 4. The van der Waals surface area contributed by atoms with Gasteiger partial charge in [-0.3, -0.25) is 4.98 Å². The number of aryl methyl sites for hydroxylation is 1. The van der Waals surface area contributed by atoms with Crippen molar-refractivity contribution in [3.8, 4) is 0 Å². The lowest BCUT2D eigenvalue weighted by atomic mass is 10.1. The normalized spacial score (nSPS) is 15.4. The predicted octanol–water partition coefficient (Wildman–Crippen LogP) is 2.01. The van der Waals surface area contributed by atoms with Crippen molar-refractivity contribution in [3.05, 3.63) is 24.3 Å². The molecule has 2 aromatic rings. The summed E-state index contributed by atoms with van der Waals surface area (Å²) in [4.78, 5) is 22.0. The first-order valence-electron chi connectivity index (χ1n) is 6.96. The number of fused-ring (bicyclic) bond motifs is 1. The van der Waals surface area contributed by atoms with Crippen LogP contribution in [0.3, 0.4) is 0 Å². The van der Waals surface area contributed by atoms with Gasteiger partial charge in [-0.15, -0.1) is 0 Å². The van der Waals surface area contributed by atoms with E-state index in [1.165, 1.54) is 0 Å². The lowest BCUT2D eigenvalue weighted by Gasteiger charge is -2.39. The van der Waals surface area contributed by atoms with Crippen LogP contribution in [0.5, 0.6) is 0 Å². The van der Waals surface area contributed by atoms with Crippen molar-refractivity contribution in [3.63, 3.8) is 0 Å². The molecule has 0 atom stereocenters. The number of amides is 1. The van der Waals surface area contributed by atoms with Crippen LogP contribution >= 0.6 is 0 Å². The Kier molecular flexibility index (Phi) is 3.30. The molecule has 0 radical (unpaired) electrons. The minimum atomic E-state index is -0.232. The highest BCUT2D eigenvalue weighted by Gasteiger charge is 2.33. The van der Waals surface area contributed by atoms with Gasteiger partial charge in [-0.05, 0) is 19.4 Å². The molecule has 6 heteroatoms. The molecule has 106 valence electrons. The van der Waals surface area contributed by atoms with Crippen molar-refractivity contribution in [2.45, 2.75) is 26.3 Å². The van der Waals surface area contributed by atoms with E-state index in [9.17, 15) is 4.79 Å². The number of aromatic nitrogens is 3. The first kappa shape index (κ1) is 12.9. The zero-order valence-corrected chi connectivity index (χ0v) is 11.7. The number of hydrogen-bond donors (Lipinski definition) is 0. The maximum absolute atomic E-state index is 11.6. The van der Waals surface area contributed by atoms with Crippen molar-refractivity contribution in [1.29, 1.82) is 0 Å². The molecule has 3 rings (SSSR count). The monoisotopic (exact) mass is 274 g/mol. The van der Waals surface area contributed by atoms with E-state index < -0.39 is 0 Å². The number of likely N-dealkylation sites (tertiary alicyclic amines) is 1. The second-order valence-electron chi connectivity index (χ2n) is 4.93. The molecule has 0 unspecified atom stereocenters. The van der Waals surface area contributed by atoms with Crippen molar-refractivity contribution in [2.75, 3.05) is 19.7 Å². The molecule has 0 saturated carbocycles. The number of ether oxygens (including phenoxy) is 1. The summed E-state index contributed by atoms with van der Waals surface area (Å²) in [6.07, 6.45) is 4.32. The molecule has 0 N–H and O–H groups in total. The van der Waals surface area contributed by atoms with E-state index >= 15 is 0 Å². The van der Waals surface area contributed by atoms with E-state index in [2.05, 4.69) is 27.5 Å². The van der Waals surface area contributed by atoms with Crippen molar-refractivity contribution in [2.24, 2.45) is 0 Å². The highest BCUT2D eigenvalue weighted by Crippen LogP contribution is 2.26. The van der Waals surface area contributed by atoms with E-state index in [1.807, 2.05) is 19.4 Å². The molecule has 1 aliphatic rings. The molecule has 2 aromatic heterocycles. The highest BCUT2D eigenvalue weighted by molar-refractivity contribution is 5.75. The zero-order chi connectivity index (χ0) is 14.1. The minimum absolute atomic E-state index is 0.232. The van der Waals surface area contributed by atoms with Crippen molar-refractivity contribution < 1.29 is 9.53 Å². The van der Waals surface area contributed by atoms with Crippen molar-refractivity contribution >= 4 is 17.1 Å². The maximum Gasteiger partial charge on any atom is 0.409 e. The fraction of sp³-hybridized carbons (Fsp3) is 0.500. The van der Waals surface area contributed by atoms with Crippen LogP contribution in [-0.4, -0.2) is 45.2 Å². The van der Waals surface area contributed by atoms with Crippen LogP contribution in [0.25, 0.3) is 11.0 Å². The second-order valence-corrected chi connectivity index (χ2v) is 4.93. The molecule has 0 aliphatic carbocycles. The van der Waals surface area contributed by atoms with Gasteiger partial charge < -0.3 is 14.2 Å². The van der Waals surface area contributed by atoms with E-state index in [4.69, 9.17) is 4.74 Å². The molecule has 0 aromatic carbocycles. The first-order chi connectivity index (χ1) is 9.72. The van der Waals surface area contributed by atoms with Crippen LogP contribution in [0.4, 0.5) is 4.79 Å². The summed E-state index contributed by atoms with van der Waals surface area (Å²) < 4.78 is 7.12. The molecule has 6 nitrogen and oxygen atoms in total. The van der Waals surface area contributed by atoms with Crippen LogP contribution in [0.15, 0.2) is 18.6 Å². The first-order valence-corrected chi connectivity index (χ1v) is 6.96. The van der Waals surface area contributed by atoms with Crippen LogP contribution in [0.2, 0.25) is 0 Å². The van der Waals surface area contributed by atoms with Crippen LogP contribution < -0.4 is 0 Å². The summed E-state index contributed by atoms with van der Waals surface area (Å²) in [6.45, 7) is 5.67. The quantitative estimate of drug-likeness (QED) is 0.859. The van der Waals surface area contributed by atoms with Gasteiger partial charge in [-0.25, -0.2) is 9.78 Å².